The number of hydrogen-bond donors (Lipinski definition) is 1. The molecule has 0 bridgehead atoms. The van der Waals surface area contributed by atoms with E-state index in [9.17, 15) is 13.5 Å². The fourth-order valence-electron chi connectivity index (χ4n) is 4.08. The van der Waals surface area contributed by atoms with Gasteiger partial charge in [0.15, 0.2) is 0 Å². The van der Waals surface area contributed by atoms with Crippen LogP contribution < -0.4 is 4.74 Å². The zero-order valence-corrected chi connectivity index (χ0v) is 21.4. The molecule has 3 rings (SSSR count). The molecule has 3 atom stereocenters. The molecule has 1 heterocycles. The summed E-state index contributed by atoms with van der Waals surface area (Å²) in [6.07, 6.45) is 1.50. The van der Waals surface area contributed by atoms with E-state index in [0.717, 1.165) is 24.9 Å². The number of ether oxygens (including phenoxy) is 1. The number of aliphatic hydroxyl groups excluding tert-OH is 1. The lowest BCUT2D eigenvalue weighted by molar-refractivity contribution is 0.0733. The van der Waals surface area contributed by atoms with E-state index in [4.69, 9.17) is 4.74 Å². The Morgan fingerprint density at radius 2 is 1.97 bits per heavy atom. The third-order valence-electron chi connectivity index (χ3n) is 6.06. The summed E-state index contributed by atoms with van der Waals surface area (Å²) in [7, 11) is -1.80. The van der Waals surface area contributed by atoms with Crippen molar-refractivity contribution in [2.24, 2.45) is 5.92 Å². The van der Waals surface area contributed by atoms with Crippen LogP contribution in [-0.4, -0.2) is 61.6 Å². The van der Waals surface area contributed by atoms with Crippen LogP contribution in [0.15, 0.2) is 53.4 Å². The average molecular weight is 485 g/mol. The first-order valence-electron chi connectivity index (χ1n) is 11.9. The molecule has 1 N–H and O–H groups in total. The van der Waals surface area contributed by atoms with Crippen LogP contribution >= 0.6 is 0 Å². The molecule has 0 spiro atoms. The van der Waals surface area contributed by atoms with Crippen LogP contribution in [0.1, 0.15) is 44.7 Å². The number of likely N-dealkylation sites (N-methyl/N-ethyl adjacent to an activating group) is 1. The number of unbranched alkanes of at least 4 members (excludes halogenated alkanes) is 1. The Hall–Kier alpha value is -2.37. The van der Waals surface area contributed by atoms with Gasteiger partial charge in [-0.1, -0.05) is 56.0 Å². The molecule has 0 aromatic heterocycles. The van der Waals surface area contributed by atoms with Gasteiger partial charge in [0.05, 0.1) is 6.61 Å². The Balaban J connectivity index is 1.97. The van der Waals surface area contributed by atoms with Crippen LogP contribution in [0.3, 0.4) is 0 Å². The zero-order chi connectivity index (χ0) is 24.7. The number of aliphatic hydroxyl groups is 1. The summed E-state index contributed by atoms with van der Waals surface area (Å²) in [5.41, 5.74) is 1.93. The maximum atomic E-state index is 13.6. The van der Waals surface area contributed by atoms with E-state index in [1.54, 1.807) is 25.1 Å². The van der Waals surface area contributed by atoms with Gasteiger partial charge in [-0.05, 0) is 44.2 Å². The van der Waals surface area contributed by atoms with Crippen LogP contribution in [0.25, 0.3) is 0 Å². The molecule has 0 amide bonds. The SMILES string of the molecule is CCCC#Cc1ccc2c(c1)O[C@@H](CN(C)Cc1ccccc1)[C@H](C)CN([C@H](C)CO)S2(=O)=O. The standard InChI is InChI=1S/C27H36N2O4S/c1-5-6-8-11-23-14-15-27-25(16-23)33-26(19-28(4)18-24-12-9-7-10-13-24)21(2)17-29(22(3)20-30)34(27,31)32/h7,9-10,12-16,21-22,26,30H,5-6,17-20H2,1-4H3/t21-,22-,26+/m1/s1. The molecule has 0 aliphatic carbocycles. The lowest BCUT2D eigenvalue weighted by Crippen LogP contribution is -2.49. The summed E-state index contributed by atoms with van der Waals surface area (Å²) in [6.45, 7) is 7.21. The quantitative estimate of drug-likeness (QED) is 0.607. The molecule has 2 aromatic carbocycles. The zero-order valence-electron chi connectivity index (χ0n) is 20.6. The van der Waals surface area contributed by atoms with Crippen molar-refractivity contribution < 1.29 is 18.3 Å². The molecule has 0 saturated carbocycles. The molecule has 7 heteroatoms. The van der Waals surface area contributed by atoms with Crippen LogP contribution in [0.2, 0.25) is 0 Å². The van der Waals surface area contributed by atoms with Crippen molar-refractivity contribution in [2.75, 3.05) is 26.7 Å². The lowest BCUT2D eigenvalue weighted by atomic mass is 10.0. The van der Waals surface area contributed by atoms with Gasteiger partial charge in [0.25, 0.3) is 0 Å². The van der Waals surface area contributed by atoms with E-state index in [0.29, 0.717) is 12.3 Å². The van der Waals surface area contributed by atoms with Crippen molar-refractivity contribution in [3.8, 4) is 17.6 Å². The molecule has 1 aliphatic heterocycles. The molecule has 1 aliphatic rings. The van der Waals surface area contributed by atoms with Gasteiger partial charge in [-0.2, -0.15) is 4.31 Å². The summed E-state index contributed by atoms with van der Waals surface area (Å²) < 4.78 is 34.9. The summed E-state index contributed by atoms with van der Waals surface area (Å²) in [5, 5.41) is 9.79. The number of rotatable bonds is 7. The second-order valence-electron chi connectivity index (χ2n) is 9.14. The lowest BCUT2D eigenvalue weighted by Gasteiger charge is -2.37. The molecular weight excluding hydrogens is 448 g/mol. The second kappa shape index (κ2) is 11.9. The minimum atomic E-state index is -3.84. The molecule has 6 nitrogen and oxygen atoms in total. The summed E-state index contributed by atoms with van der Waals surface area (Å²) >= 11 is 0. The third kappa shape index (κ3) is 6.39. The number of benzene rings is 2. The van der Waals surface area contributed by atoms with Crippen molar-refractivity contribution in [1.82, 2.24) is 9.21 Å². The average Bonchev–Trinajstić information content (AvgIpc) is 2.81. The predicted molar refractivity (Wildman–Crippen MR) is 135 cm³/mol. The Morgan fingerprint density at radius 1 is 1.24 bits per heavy atom. The first-order valence-corrected chi connectivity index (χ1v) is 13.3. The van der Waals surface area contributed by atoms with Crippen molar-refractivity contribution in [1.29, 1.82) is 0 Å². The number of nitrogens with zero attached hydrogens (tertiary/aromatic N) is 2. The summed E-state index contributed by atoms with van der Waals surface area (Å²) in [6, 6.07) is 14.7. The van der Waals surface area contributed by atoms with Gasteiger partial charge in [-0.15, -0.1) is 0 Å². The van der Waals surface area contributed by atoms with Crippen LogP contribution in [0.5, 0.6) is 5.75 Å². The Labute approximate surface area is 204 Å². The van der Waals surface area contributed by atoms with E-state index in [1.807, 2.05) is 32.2 Å². The minimum absolute atomic E-state index is 0.0926. The highest BCUT2D eigenvalue weighted by Crippen LogP contribution is 2.34. The summed E-state index contributed by atoms with van der Waals surface area (Å²) in [4.78, 5) is 2.31. The van der Waals surface area contributed by atoms with Gasteiger partial charge in [0.1, 0.15) is 16.7 Å². The fraction of sp³-hybridized carbons (Fsp3) is 0.481. The van der Waals surface area contributed by atoms with Crippen molar-refractivity contribution >= 4 is 10.0 Å². The summed E-state index contributed by atoms with van der Waals surface area (Å²) in [5.74, 6) is 6.46. The molecule has 2 aromatic rings. The van der Waals surface area contributed by atoms with Crippen LogP contribution in [-0.2, 0) is 16.6 Å². The van der Waals surface area contributed by atoms with Crippen LogP contribution in [0.4, 0.5) is 0 Å². The molecule has 0 fully saturated rings. The van der Waals surface area contributed by atoms with E-state index >= 15 is 0 Å². The highest BCUT2D eigenvalue weighted by Gasteiger charge is 2.38. The van der Waals surface area contributed by atoms with Gasteiger partial charge in [0, 0.05) is 43.6 Å². The molecule has 34 heavy (non-hydrogen) atoms. The fourth-order valence-corrected chi connectivity index (χ4v) is 5.90. The predicted octanol–water partition coefficient (Wildman–Crippen LogP) is 3.74. The molecule has 0 radical (unpaired) electrons. The van der Waals surface area contributed by atoms with Crippen LogP contribution in [0, 0.1) is 17.8 Å². The van der Waals surface area contributed by atoms with Crippen molar-refractivity contribution in [2.45, 2.75) is 57.2 Å². The highest BCUT2D eigenvalue weighted by atomic mass is 32.2. The molecule has 184 valence electrons. The Kier molecular flexibility index (Phi) is 9.15. The van der Waals surface area contributed by atoms with Crippen molar-refractivity contribution in [3.63, 3.8) is 0 Å². The topological polar surface area (TPSA) is 70.1 Å². The first-order chi connectivity index (χ1) is 16.3. The highest BCUT2D eigenvalue weighted by molar-refractivity contribution is 7.89. The smallest absolute Gasteiger partial charge is 0.247 e. The van der Waals surface area contributed by atoms with Gasteiger partial charge in [0.2, 0.25) is 10.0 Å². The minimum Gasteiger partial charge on any atom is -0.487 e. The van der Waals surface area contributed by atoms with E-state index in [-0.39, 0.29) is 30.1 Å². The van der Waals surface area contributed by atoms with Gasteiger partial charge < -0.3 is 9.84 Å². The normalized spacial score (nSPS) is 20.9. The third-order valence-corrected chi connectivity index (χ3v) is 8.08. The molecular formula is C27H36N2O4S. The first kappa shape index (κ1) is 26.2. The number of sulfonamides is 1. The number of fused-ring (bicyclic) bond motifs is 1. The maximum Gasteiger partial charge on any atom is 0.247 e. The van der Waals surface area contributed by atoms with E-state index in [2.05, 4.69) is 35.8 Å². The Bertz CT molecular complexity index is 1110. The van der Waals surface area contributed by atoms with Gasteiger partial charge >= 0.3 is 0 Å². The monoisotopic (exact) mass is 484 g/mol. The maximum absolute atomic E-state index is 13.6. The molecule has 0 saturated heterocycles. The molecule has 0 unspecified atom stereocenters. The van der Waals surface area contributed by atoms with E-state index in [1.165, 1.54) is 9.87 Å². The van der Waals surface area contributed by atoms with E-state index < -0.39 is 16.1 Å². The number of hydrogen-bond acceptors (Lipinski definition) is 5. The second-order valence-corrected chi connectivity index (χ2v) is 11.0. The van der Waals surface area contributed by atoms with Gasteiger partial charge in [-0.25, -0.2) is 8.42 Å². The Morgan fingerprint density at radius 3 is 2.65 bits per heavy atom. The largest absolute Gasteiger partial charge is 0.487 e. The van der Waals surface area contributed by atoms with Crippen molar-refractivity contribution in [3.05, 3.63) is 59.7 Å². The van der Waals surface area contributed by atoms with Gasteiger partial charge in [-0.3, -0.25) is 4.90 Å².